The van der Waals surface area contributed by atoms with Crippen LogP contribution in [0.2, 0.25) is 0 Å². The molecule has 0 aliphatic carbocycles. The topological polar surface area (TPSA) is 33.0 Å². The van der Waals surface area contributed by atoms with E-state index < -0.39 is 0 Å². The predicted molar refractivity (Wildman–Crippen MR) is 111 cm³/mol. The van der Waals surface area contributed by atoms with Gasteiger partial charge in [0.1, 0.15) is 6.54 Å². The van der Waals surface area contributed by atoms with Crippen molar-refractivity contribution >= 4 is 11.5 Å². The van der Waals surface area contributed by atoms with Crippen LogP contribution in [0, 0.1) is 0 Å². The normalized spacial score (nSPS) is 16.0. The van der Waals surface area contributed by atoms with Gasteiger partial charge in [-0.05, 0) is 24.6 Å². The lowest BCUT2D eigenvalue weighted by atomic mass is 9.93. The van der Waals surface area contributed by atoms with Crippen LogP contribution in [0.3, 0.4) is 0 Å². The lowest BCUT2D eigenvalue weighted by Crippen LogP contribution is -2.34. The number of carbonyl (C=O) groups excluding carboxylic acids is 1. The molecule has 1 N–H and O–H groups in total. The first-order valence-electron chi connectivity index (χ1n) is 10.7. The lowest BCUT2D eigenvalue weighted by Gasteiger charge is -2.25. The fourth-order valence-corrected chi connectivity index (χ4v) is 3.90. The van der Waals surface area contributed by atoms with Crippen molar-refractivity contribution in [2.75, 3.05) is 5.32 Å². The molecule has 0 saturated carbocycles. The number of aromatic nitrogens is 1. The summed E-state index contributed by atoms with van der Waals surface area (Å²) in [6, 6.07) is 12.1. The van der Waals surface area contributed by atoms with Crippen LogP contribution in [0.4, 0.5) is 5.69 Å². The van der Waals surface area contributed by atoms with Crippen LogP contribution in [-0.4, -0.2) is 5.78 Å². The number of benzene rings is 1. The van der Waals surface area contributed by atoms with Crippen molar-refractivity contribution in [3.05, 3.63) is 59.9 Å². The Bertz CT molecular complexity index is 741. The molecule has 1 aromatic carbocycles. The summed E-state index contributed by atoms with van der Waals surface area (Å²) in [5.41, 5.74) is 2.97. The first-order valence-corrected chi connectivity index (χ1v) is 10.7. The van der Waals surface area contributed by atoms with E-state index >= 15 is 0 Å². The monoisotopic (exact) mass is 365 g/mol. The van der Waals surface area contributed by atoms with Crippen molar-refractivity contribution in [3.8, 4) is 0 Å². The average Bonchev–Trinajstić information content (AvgIpc) is 2.70. The number of nitrogens with zero attached hydrogens (tertiary/aromatic N) is 1. The number of unbranched alkanes of at least 4 members (excludes halogenated alkanes) is 7. The van der Waals surface area contributed by atoms with Gasteiger partial charge in [-0.15, -0.1) is 0 Å². The van der Waals surface area contributed by atoms with Gasteiger partial charge >= 0.3 is 0 Å². The van der Waals surface area contributed by atoms with Gasteiger partial charge in [0.2, 0.25) is 0 Å². The molecule has 0 bridgehead atoms. The van der Waals surface area contributed by atoms with E-state index in [0.717, 1.165) is 17.8 Å². The molecule has 0 spiro atoms. The van der Waals surface area contributed by atoms with Gasteiger partial charge in [0.05, 0.1) is 6.04 Å². The van der Waals surface area contributed by atoms with E-state index in [1.807, 2.05) is 24.3 Å². The molecule has 27 heavy (non-hydrogen) atoms. The molecular weight excluding hydrogens is 332 g/mol. The zero-order valence-corrected chi connectivity index (χ0v) is 16.6. The highest BCUT2D eigenvalue weighted by atomic mass is 16.1. The number of ketones is 1. The highest BCUT2D eigenvalue weighted by Gasteiger charge is 2.26. The standard InChI is InChI=1S/C24H32N2O/c1-2-3-4-5-6-7-8-11-16-26-17-12-13-20(19-26)23-18-24(27)21-14-9-10-15-22(21)25-23/h9-10,12-15,17,19,23H,2-8,11,16,18H2,1H3/p+1. The first kappa shape index (κ1) is 19.6. The Labute approximate surface area is 163 Å². The van der Waals surface area contributed by atoms with Gasteiger partial charge in [0.25, 0.3) is 0 Å². The number of pyridine rings is 1. The molecule has 3 rings (SSSR count). The summed E-state index contributed by atoms with van der Waals surface area (Å²) in [7, 11) is 0. The lowest BCUT2D eigenvalue weighted by molar-refractivity contribution is -0.697. The van der Waals surface area contributed by atoms with Crippen LogP contribution in [-0.2, 0) is 6.54 Å². The molecule has 1 aliphatic heterocycles. The third-order valence-electron chi connectivity index (χ3n) is 5.50. The van der Waals surface area contributed by atoms with Gasteiger partial charge in [-0.25, -0.2) is 4.57 Å². The summed E-state index contributed by atoms with van der Waals surface area (Å²) in [4.78, 5) is 12.4. The second-order valence-corrected chi connectivity index (χ2v) is 7.72. The molecule has 0 saturated heterocycles. The number of anilines is 1. The number of fused-ring (bicyclic) bond motifs is 1. The van der Waals surface area contributed by atoms with Crippen LogP contribution in [0.25, 0.3) is 0 Å². The van der Waals surface area contributed by atoms with Crippen LogP contribution in [0.1, 0.15) is 86.7 Å². The maximum absolute atomic E-state index is 12.4. The summed E-state index contributed by atoms with van der Waals surface area (Å²) in [6.45, 7) is 3.32. The third kappa shape index (κ3) is 5.66. The van der Waals surface area contributed by atoms with Gasteiger partial charge in [0.15, 0.2) is 18.2 Å². The highest BCUT2D eigenvalue weighted by molar-refractivity contribution is 6.03. The number of aryl methyl sites for hydroxylation is 1. The van der Waals surface area contributed by atoms with Crippen LogP contribution >= 0.6 is 0 Å². The fourth-order valence-electron chi connectivity index (χ4n) is 3.90. The molecule has 2 heterocycles. The maximum Gasteiger partial charge on any atom is 0.174 e. The summed E-state index contributed by atoms with van der Waals surface area (Å²) in [5.74, 6) is 0.229. The van der Waals surface area contributed by atoms with Crippen molar-refractivity contribution in [1.82, 2.24) is 0 Å². The number of para-hydroxylation sites is 1. The Morgan fingerprint density at radius 3 is 2.52 bits per heavy atom. The molecule has 0 fully saturated rings. The molecule has 2 aromatic rings. The Morgan fingerprint density at radius 2 is 1.70 bits per heavy atom. The number of hydrogen-bond acceptors (Lipinski definition) is 2. The van der Waals surface area contributed by atoms with E-state index in [2.05, 4.69) is 41.3 Å². The van der Waals surface area contributed by atoms with E-state index in [9.17, 15) is 4.79 Å². The molecule has 0 radical (unpaired) electrons. The smallest absolute Gasteiger partial charge is 0.174 e. The number of nitrogens with one attached hydrogen (secondary N) is 1. The van der Waals surface area contributed by atoms with Crippen LogP contribution in [0.15, 0.2) is 48.8 Å². The number of rotatable bonds is 10. The van der Waals surface area contributed by atoms with Crippen molar-refractivity contribution in [3.63, 3.8) is 0 Å². The van der Waals surface area contributed by atoms with E-state index in [1.54, 1.807) is 0 Å². The first-order chi connectivity index (χ1) is 13.3. The molecule has 1 aliphatic rings. The summed E-state index contributed by atoms with van der Waals surface area (Å²) in [5, 5.41) is 3.54. The largest absolute Gasteiger partial charge is 0.377 e. The summed E-state index contributed by atoms with van der Waals surface area (Å²) < 4.78 is 2.28. The predicted octanol–water partition coefficient (Wildman–Crippen LogP) is 5.85. The summed E-state index contributed by atoms with van der Waals surface area (Å²) >= 11 is 0. The average molecular weight is 366 g/mol. The van der Waals surface area contributed by atoms with E-state index in [0.29, 0.717) is 6.42 Å². The molecule has 1 atom stereocenters. The molecule has 0 amide bonds. The van der Waals surface area contributed by atoms with Crippen molar-refractivity contribution in [1.29, 1.82) is 0 Å². The minimum Gasteiger partial charge on any atom is -0.377 e. The minimum atomic E-state index is 0.0680. The SMILES string of the molecule is CCCCCCCCCC[n+]1cccc(C2CC(=O)c3ccccc3N2)c1. The highest BCUT2D eigenvalue weighted by Crippen LogP contribution is 2.31. The van der Waals surface area contributed by atoms with Crippen LogP contribution in [0.5, 0.6) is 0 Å². The van der Waals surface area contributed by atoms with E-state index in [1.165, 1.54) is 56.9 Å². The number of carbonyl (C=O) groups is 1. The maximum atomic E-state index is 12.4. The van der Waals surface area contributed by atoms with Gasteiger partial charge in [0, 0.05) is 35.7 Å². The van der Waals surface area contributed by atoms with Crippen molar-refractivity contribution < 1.29 is 9.36 Å². The molecule has 3 heteroatoms. The molecule has 144 valence electrons. The van der Waals surface area contributed by atoms with Gasteiger partial charge in [-0.3, -0.25) is 4.79 Å². The Kier molecular flexibility index (Phi) is 7.44. The minimum absolute atomic E-state index is 0.0680. The fraction of sp³-hybridized carbons (Fsp3) is 0.500. The third-order valence-corrected chi connectivity index (χ3v) is 5.50. The van der Waals surface area contributed by atoms with Gasteiger partial charge in [-0.2, -0.15) is 0 Å². The van der Waals surface area contributed by atoms with Crippen molar-refractivity contribution in [2.45, 2.75) is 77.3 Å². The molecule has 3 nitrogen and oxygen atoms in total. The molecular formula is C24H33N2O+. The Morgan fingerprint density at radius 1 is 0.963 bits per heavy atom. The quantitative estimate of drug-likeness (QED) is 0.423. The zero-order chi connectivity index (χ0) is 18.9. The Hall–Kier alpha value is -2.16. The van der Waals surface area contributed by atoms with Crippen LogP contribution < -0.4 is 9.88 Å². The summed E-state index contributed by atoms with van der Waals surface area (Å²) in [6.07, 6.45) is 15.6. The zero-order valence-electron chi connectivity index (χ0n) is 16.6. The van der Waals surface area contributed by atoms with E-state index in [4.69, 9.17) is 0 Å². The second kappa shape index (κ2) is 10.2. The van der Waals surface area contributed by atoms with E-state index in [-0.39, 0.29) is 11.8 Å². The Balaban J connectivity index is 1.49. The molecule has 1 unspecified atom stereocenters. The number of Topliss-reactive ketones (excluding diaryl/α,β-unsaturated/α-hetero) is 1. The second-order valence-electron chi connectivity index (χ2n) is 7.72. The van der Waals surface area contributed by atoms with Gasteiger partial charge < -0.3 is 5.32 Å². The van der Waals surface area contributed by atoms with Crippen molar-refractivity contribution in [2.24, 2.45) is 0 Å². The molecule has 1 aromatic heterocycles. The van der Waals surface area contributed by atoms with Gasteiger partial charge in [-0.1, -0.05) is 57.6 Å². The number of hydrogen-bond donors (Lipinski definition) is 1.